The summed E-state index contributed by atoms with van der Waals surface area (Å²) in [6.45, 7) is 8.95. The van der Waals surface area contributed by atoms with Crippen molar-refractivity contribution in [2.45, 2.75) is 33.7 Å². The molecule has 1 aliphatic rings. The van der Waals surface area contributed by atoms with Crippen molar-refractivity contribution in [1.29, 1.82) is 0 Å². The molecule has 0 spiro atoms. The number of amides is 2. The molecule has 3 rings (SSSR count). The van der Waals surface area contributed by atoms with Crippen LogP contribution in [0.3, 0.4) is 0 Å². The minimum absolute atomic E-state index is 0.0137. The van der Waals surface area contributed by atoms with Crippen molar-refractivity contribution >= 4 is 23.2 Å². The van der Waals surface area contributed by atoms with Crippen LogP contribution in [0.4, 0.5) is 11.4 Å². The summed E-state index contributed by atoms with van der Waals surface area (Å²) in [6, 6.07) is 9.69. The number of carbonyl (C=O) groups is 2. The largest absolute Gasteiger partial charge is 0.467 e. The van der Waals surface area contributed by atoms with Crippen molar-refractivity contribution in [3.05, 3.63) is 47.9 Å². The van der Waals surface area contributed by atoms with Crippen molar-refractivity contribution in [2.24, 2.45) is 5.92 Å². The van der Waals surface area contributed by atoms with Crippen molar-refractivity contribution in [1.82, 2.24) is 4.90 Å². The Labute approximate surface area is 160 Å². The van der Waals surface area contributed by atoms with Gasteiger partial charge in [0.15, 0.2) is 0 Å². The van der Waals surface area contributed by atoms with E-state index in [2.05, 4.69) is 30.1 Å². The average Bonchev–Trinajstić information content (AvgIpc) is 3.29. The lowest BCUT2D eigenvalue weighted by molar-refractivity contribution is -0.128. The van der Waals surface area contributed by atoms with Crippen molar-refractivity contribution in [3.8, 4) is 0 Å². The van der Waals surface area contributed by atoms with Gasteiger partial charge in [0.2, 0.25) is 11.8 Å². The first-order valence-corrected chi connectivity index (χ1v) is 9.48. The van der Waals surface area contributed by atoms with Gasteiger partial charge in [-0.05, 0) is 56.7 Å². The molecular weight excluding hydrogens is 342 g/mol. The van der Waals surface area contributed by atoms with E-state index in [9.17, 15) is 9.59 Å². The minimum atomic E-state index is -0.339. The lowest BCUT2D eigenvalue weighted by Crippen LogP contribution is -2.28. The van der Waals surface area contributed by atoms with Crippen LogP contribution in [0.25, 0.3) is 0 Å². The minimum Gasteiger partial charge on any atom is -0.467 e. The molecule has 2 amide bonds. The molecule has 1 fully saturated rings. The number of benzene rings is 1. The fourth-order valence-electron chi connectivity index (χ4n) is 3.50. The summed E-state index contributed by atoms with van der Waals surface area (Å²) < 4.78 is 5.30. The molecule has 0 aliphatic carbocycles. The number of nitrogens with zero attached hydrogens (tertiary/aromatic N) is 2. The lowest BCUT2D eigenvalue weighted by Gasteiger charge is -2.22. The van der Waals surface area contributed by atoms with Gasteiger partial charge in [-0.15, -0.1) is 0 Å². The van der Waals surface area contributed by atoms with Crippen LogP contribution in [-0.4, -0.2) is 36.3 Å². The number of rotatable bonds is 7. The van der Waals surface area contributed by atoms with Gasteiger partial charge in [0.05, 0.1) is 18.7 Å². The Morgan fingerprint density at radius 2 is 2.07 bits per heavy atom. The number of hydrogen-bond acceptors (Lipinski definition) is 4. The number of anilines is 2. The van der Waals surface area contributed by atoms with Crippen LogP contribution >= 0.6 is 0 Å². The van der Waals surface area contributed by atoms with Crippen LogP contribution in [-0.2, 0) is 16.1 Å². The molecule has 1 aromatic heterocycles. The summed E-state index contributed by atoms with van der Waals surface area (Å²) in [6.07, 6.45) is 1.83. The molecule has 1 saturated heterocycles. The molecule has 0 saturated carbocycles. The number of aryl methyl sites for hydroxylation is 1. The number of carbonyl (C=O) groups excluding carboxylic acids is 2. The highest BCUT2D eigenvalue weighted by atomic mass is 16.3. The SMILES string of the molecule is CCN(CC)c1ccc(NC(=O)C2CC(=O)N(Cc3ccco3)C2)c(C)c1. The summed E-state index contributed by atoms with van der Waals surface area (Å²) in [5.74, 6) is 0.269. The smallest absolute Gasteiger partial charge is 0.229 e. The highest BCUT2D eigenvalue weighted by Gasteiger charge is 2.34. The van der Waals surface area contributed by atoms with E-state index in [-0.39, 0.29) is 24.2 Å². The molecule has 1 aliphatic heterocycles. The fourth-order valence-corrected chi connectivity index (χ4v) is 3.50. The van der Waals surface area contributed by atoms with Gasteiger partial charge < -0.3 is 19.5 Å². The topological polar surface area (TPSA) is 65.8 Å². The van der Waals surface area contributed by atoms with E-state index in [0.717, 1.165) is 35.8 Å². The van der Waals surface area contributed by atoms with E-state index < -0.39 is 0 Å². The summed E-state index contributed by atoms with van der Waals surface area (Å²) in [5.41, 5.74) is 2.97. The Bertz CT molecular complexity index is 797. The molecule has 1 N–H and O–H groups in total. The highest BCUT2D eigenvalue weighted by Crippen LogP contribution is 2.25. The second-order valence-corrected chi connectivity index (χ2v) is 6.92. The highest BCUT2D eigenvalue weighted by molar-refractivity contribution is 5.97. The summed E-state index contributed by atoms with van der Waals surface area (Å²) in [4.78, 5) is 28.8. The van der Waals surface area contributed by atoms with Crippen molar-refractivity contribution in [2.75, 3.05) is 29.9 Å². The second-order valence-electron chi connectivity index (χ2n) is 6.92. The summed E-state index contributed by atoms with van der Waals surface area (Å²) >= 11 is 0. The zero-order valence-corrected chi connectivity index (χ0v) is 16.2. The Morgan fingerprint density at radius 3 is 2.70 bits per heavy atom. The number of furan rings is 1. The van der Waals surface area contributed by atoms with Gasteiger partial charge in [0.25, 0.3) is 0 Å². The maximum atomic E-state index is 12.7. The molecule has 1 atom stereocenters. The number of likely N-dealkylation sites (tertiary alicyclic amines) is 1. The second kappa shape index (κ2) is 8.29. The number of nitrogens with one attached hydrogen (secondary N) is 1. The lowest BCUT2D eigenvalue weighted by atomic mass is 10.1. The quantitative estimate of drug-likeness (QED) is 0.812. The van der Waals surface area contributed by atoms with Crippen molar-refractivity contribution < 1.29 is 14.0 Å². The van der Waals surface area contributed by atoms with Crippen LogP contribution < -0.4 is 10.2 Å². The molecule has 27 heavy (non-hydrogen) atoms. The van der Waals surface area contributed by atoms with E-state index in [1.165, 1.54) is 0 Å². The van der Waals surface area contributed by atoms with Crippen LogP contribution in [0.15, 0.2) is 41.0 Å². The zero-order chi connectivity index (χ0) is 19.4. The van der Waals surface area contributed by atoms with E-state index in [0.29, 0.717) is 13.1 Å². The Hall–Kier alpha value is -2.76. The van der Waals surface area contributed by atoms with Gasteiger partial charge in [-0.3, -0.25) is 9.59 Å². The van der Waals surface area contributed by atoms with E-state index in [1.54, 1.807) is 17.2 Å². The van der Waals surface area contributed by atoms with Crippen LogP contribution in [0.1, 0.15) is 31.6 Å². The molecule has 0 bridgehead atoms. The maximum absolute atomic E-state index is 12.7. The Kier molecular flexibility index (Phi) is 5.84. The fraction of sp³-hybridized carbons (Fsp3) is 0.429. The van der Waals surface area contributed by atoms with Gasteiger partial charge in [0, 0.05) is 37.4 Å². The Balaban J connectivity index is 1.63. The molecule has 1 aromatic carbocycles. The average molecular weight is 369 g/mol. The number of hydrogen-bond donors (Lipinski definition) is 1. The third kappa shape index (κ3) is 4.32. The molecule has 144 valence electrons. The third-order valence-corrected chi connectivity index (χ3v) is 5.11. The first kappa shape index (κ1) is 19.0. The Morgan fingerprint density at radius 1 is 1.30 bits per heavy atom. The van der Waals surface area contributed by atoms with Gasteiger partial charge >= 0.3 is 0 Å². The maximum Gasteiger partial charge on any atom is 0.229 e. The molecule has 2 heterocycles. The van der Waals surface area contributed by atoms with Crippen LogP contribution in [0, 0.1) is 12.8 Å². The first-order chi connectivity index (χ1) is 13.0. The molecule has 0 radical (unpaired) electrons. The van der Waals surface area contributed by atoms with Gasteiger partial charge in [-0.25, -0.2) is 0 Å². The zero-order valence-electron chi connectivity index (χ0n) is 16.2. The standard InChI is InChI=1S/C21H27N3O3/c1-4-23(5-2)17-8-9-19(15(3)11-17)22-21(26)16-12-20(25)24(13-16)14-18-7-6-10-27-18/h6-11,16H,4-5,12-14H2,1-3H3,(H,22,26). The molecule has 2 aromatic rings. The predicted molar refractivity (Wildman–Crippen MR) is 106 cm³/mol. The molecule has 6 nitrogen and oxygen atoms in total. The van der Waals surface area contributed by atoms with Gasteiger partial charge in [-0.2, -0.15) is 0 Å². The third-order valence-electron chi connectivity index (χ3n) is 5.11. The van der Waals surface area contributed by atoms with Crippen LogP contribution in [0.2, 0.25) is 0 Å². The molecular formula is C21H27N3O3. The van der Waals surface area contributed by atoms with E-state index >= 15 is 0 Å². The van der Waals surface area contributed by atoms with E-state index in [4.69, 9.17) is 4.42 Å². The van der Waals surface area contributed by atoms with Gasteiger partial charge in [0.1, 0.15) is 5.76 Å². The normalized spacial score (nSPS) is 16.6. The summed E-state index contributed by atoms with van der Waals surface area (Å²) in [7, 11) is 0. The monoisotopic (exact) mass is 369 g/mol. The molecule has 6 heteroatoms. The van der Waals surface area contributed by atoms with E-state index in [1.807, 2.05) is 25.1 Å². The summed E-state index contributed by atoms with van der Waals surface area (Å²) in [5, 5.41) is 2.99. The predicted octanol–water partition coefficient (Wildman–Crippen LogP) is 3.42. The van der Waals surface area contributed by atoms with Gasteiger partial charge in [-0.1, -0.05) is 0 Å². The van der Waals surface area contributed by atoms with Crippen LogP contribution in [0.5, 0.6) is 0 Å². The van der Waals surface area contributed by atoms with Crippen molar-refractivity contribution in [3.63, 3.8) is 0 Å². The first-order valence-electron chi connectivity index (χ1n) is 9.48. The molecule has 1 unspecified atom stereocenters.